The Balaban J connectivity index is 1.53. The van der Waals surface area contributed by atoms with Crippen LogP contribution < -0.4 is 14.3 Å². The average molecular weight is 605 g/mol. The van der Waals surface area contributed by atoms with E-state index in [2.05, 4.69) is 10.0 Å². The third-order valence-corrected chi connectivity index (χ3v) is 9.21. The van der Waals surface area contributed by atoms with Gasteiger partial charge in [-0.3, -0.25) is 13.8 Å². The maximum Gasteiger partial charge on any atom is 0.264 e. The molecular formula is C27H23Cl2N3O5S2. The summed E-state index contributed by atoms with van der Waals surface area (Å²) in [6, 6.07) is 24.1. The van der Waals surface area contributed by atoms with Gasteiger partial charge in [-0.1, -0.05) is 47.0 Å². The third kappa shape index (κ3) is 7.10. The Morgan fingerprint density at radius 1 is 0.744 bits per heavy atom. The van der Waals surface area contributed by atoms with Crippen LogP contribution in [0.15, 0.2) is 107 Å². The number of carbonyl (C=O) groups excluding carboxylic acids is 1. The Morgan fingerprint density at radius 3 is 1.95 bits per heavy atom. The standard InChI is InChI=1S/C27H23Cl2N3O5S2/c1-19-5-13-26(14-6-19)39(36,37)32(24-4-2-3-21(29)17-24)18-27(33)30-22-11-15-25(16-12-22)38(34,35)31-23-9-7-20(28)8-10-23/h2-17,31H,18H2,1H3,(H,30,33). The third-order valence-electron chi connectivity index (χ3n) is 5.54. The number of sulfonamides is 2. The minimum Gasteiger partial charge on any atom is -0.325 e. The number of nitrogens with one attached hydrogen (secondary N) is 2. The number of amides is 1. The van der Waals surface area contributed by atoms with Crippen LogP contribution in [0.25, 0.3) is 0 Å². The number of aryl methyl sites for hydroxylation is 1. The van der Waals surface area contributed by atoms with E-state index >= 15 is 0 Å². The number of halogens is 2. The van der Waals surface area contributed by atoms with Crippen molar-refractivity contribution in [2.75, 3.05) is 20.9 Å². The monoisotopic (exact) mass is 603 g/mol. The molecule has 202 valence electrons. The highest BCUT2D eigenvalue weighted by Crippen LogP contribution is 2.27. The lowest BCUT2D eigenvalue weighted by Gasteiger charge is -2.24. The van der Waals surface area contributed by atoms with Crippen molar-refractivity contribution in [3.63, 3.8) is 0 Å². The summed E-state index contributed by atoms with van der Waals surface area (Å²) in [4.78, 5) is 13.0. The molecule has 0 unspecified atom stereocenters. The topological polar surface area (TPSA) is 113 Å². The molecule has 8 nitrogen and oxygen atoms in total. The summed E-state index contributed by atoms with van der Waals surface area (Å²) in [6.07, 6.45) is 0. The van der Waals surface area contributed by atoms with Crippen LogP contribution in [0.1, 0.15) is 5.56 Å². The van der Waals surface area contributed by atoms with Crippen molar-refractivity contribution < 1.29 is 21.6 Å². The first-order valence-corrected chi connectivity index (χ1v) is 15.2. The molecule has 0 fully saturated rings. The van der Waals surface area contributed by atoms with Crippen molar-refractivity contribution in [3.8, 4) is 0 Å². The minimum atomic E-state index is -4.12. The van der Waals surface area contributed by atoms with Crippen LogP contribution in [0, 0.1) is 6.92 Å². The van der Waals surface area contributed by atoms with Gasteiger partial charge in [0.25, 0.3) is 20.0 Å². The molecule has 4 rings (SSSR count). The molecule has 0 aromatic heterocycles. The summed E-state index contributed by atoms with van der Waals surface area (Å²) in [5.41, 5.74) is 1.72. The lowest BCUT2D eigenvalue weighted by Crippen LogP contribution is -2.38. The van der Waals surface area contributed by atoms with Gasteiger partial charge in [-0.2, -0.15) is 0 Å². The molecule has 12 heteroatoms. The van der Waals surface area contributed by atoms with Gasteiger partial charge < -0.3 is 5.32 Å². The van der Waals surface area contributed by atoms with Gasteiger partial charge in [0, 0.05) is 21.4 Å². The Hall–Kier alpha value is -3.57. The maximum absolute atomic E-state index is 13.5. The minimum absolute atomic E-state index is 0.0172. The lowest BCUT2D eigenvalue weighted by molar-refractivity contribution is -0.114. The van der Waals surface area contributed by atoms with Crippen molar-refractivity contribution in [3.05, 3.63) is 113 Å². The van der Waals surface area contributed by atoms with Crippen LogP contribution in [-0.2, 0) is 24.8 Å². The zero-order chi connectivity index (χ0) is 28.2. The maximum atomic E-state index is 13.5. The highest BCUT2D eigenvalue weighted by Gasteiger charge is 2.27. The second-order valence-electron chi connectivity index (χ2n) is 8.49. The number of nitrogens with zero attached hydrogens (tertiary/aromatic N) is 1. The van der Waals surface area contributed by atoms with Crippen LogP contribution in [0.5, 0.6) is 0 Å². The van der Waals surface area contributed by atoms with E-state index in [0.29, 0.717) is 15.7 Å². The molecule has 4 aromatic carbocycles. The second-order valence-corrected chi connectivity index (χ2v) is 12.9. The summed E-state index contributed by atoms with van der Waals surface area (Å²) >= 11 is 11.9. The lowest BCUT2D eigenvalue weighted by atomic mass is 10.2. The SMILES string of the molecule is Cc1ccc(S(=O)(=O)N(CC(=O)Nc2ccc(S(=O)(=O)Nc3ccc(Cl)cc3)cc2)c2cccc(Cl)c2)cc1. The van der Waals surface area contributed by atoms with Crippen molar-refractivity contribution in [1.29, 1.82) is 0 Å². The van der Waals surface area contributed by atoms with Crippen molar-refractivity contribution in [1.82, 2.24) is 0 Å². The smallest absolute Gasteiger partial charge is 0.264 e. The molecule has 0 aliphatic heterocycles. The Bertz CT molecular complexity index is 1690. The Labute approximate surface area is 237 Å². The van der Waals surface area contributed by atoms with Crippen LogP contribution in [0.2, 0.25) is 10.0 Å². The zero-order valence-electron chi connectivity index (χ0n) is 20.5. The fraction of sp³-hybridized carbons (Fsp3) is 0.0741. The second kappa shape index (κ2) is 11.7. The molecule has 0 saturated carbocycles. The molecule has 0 bridgehead atoms. The van der Waals surface area contributed by atoms with E-state index in [1.54, 1.807) is 36.4 Å². The van der Waals surface area contributed by atoms with E-state index in [-0.39, 0.29) is 21.2 Å². The molecule has 0 radical (unpaired) electrons. The van der Waals surface area contributed by atoms with Gasteiger partial charge in [-0.15, -0.1) is 0 Å². The van der Waals surface area contributed by atoms with E-state index in [1.807, 2.05) is 6.92 Å². The number of carbonyl (C=O) groups is 1. The Morgan fingerprint density at radius 2 is 1.33 bits per heavy atom. The van der Waals surface area contributed by atoms with Gasteiger partial charge in [-0.05, 0) is 85.8 Å². The van der Waals surface area contributed by atoms with E-state index in [9.17, 15) is 21.6 Å². The van der Waals surface area contributed by atoms with Gasteiger partial charge in [0.2, 0.25) is 5.91 Å². The van der Waals surface area contributed by atoms with Crippen LogP contribution in [0.3, 0.4) is 0 Å². The van der Waals surface area contributed by atoms with Crippen LogP contribution >= 0.6 is 23.2 Å². The molecule has 1 amide bonds. The fourth-order valence-electron chi connectivity index (χ4n) is 3.56. The molecule has 2 N–H and O–H groups in total. The quantitative estimate of drug-likeness (QED) is 0.246. The number of rotatable bonds is 9. The van der Waals surface area contributed by atoms with Crippen LogP contribution in [0.4, 0.5) is 17.1 Å². The van der Waals surface area contributed by atoms with Gasteiger partial charge in [0.05, 0.1) is 15.5 Å². The van der Waals surface area contributed by atoms with E-state index < -0.39 is 32.5 Å². The number of hydrogen-bond donors (Lipinski definition) is 2. The summed E-state index contributed by atoms with van der Waals surface area (Å²) in [5, 5.41) is 3.39. The summed E-state index contributed by atoms with van der Waals surface area (Å²) in [5.74, 6) is -0.638. The van der Waals surface area contributed by atoms with Gasteiger partial charge in [0.15, 0.2) is 0 Å². The number of hydrogen-bond acceptors (Lipinski definition) is 5. The van der Waals surface area contributed by atoms with Crippen LogP contribution in [-0.4, -0.2) is 29.3 Å². The number of anilines is 3. The van der Waals surface area contributed by atoms with E-state index in [4.69, 9.17) is 23.2 Å². The molecule has 0 atom stereocenters. The predicted molar refractivity (Wildman–Crippen MR) is 154 cm³/mol. The summed E-state index contributed by atoms with van der Waals surface area (Å²) < 4.78 is 55.8. The molecule has 0 aliphatic rings. The molecule has 0 saturated heterocycles. The van der Waals surface area contributed by atoms with Crippen molar-refractivity contribution in [2.45, 2.75) is 16.7 Å². The normalized spacial score (nSPS) is 11.6. The average Bonchev–Trinajstić information content (AvgIpc) is 2.89. The number of benzene rings is 4. The molecule has 0 heterocycles. The molecule has 0 spiro atoms. The van der Waals surface area contributed by atoms with Gasteiger partial charge in [-0.25, -0.2) is 16.8 Å². The van der Waals surface area contributed by atoms with Crippen molar-refractivity contribution in [2.24, 2.45) is 0 Å². The van der Waals surface area contributed by atoms with Gasteiger partial charge in [0.1, 0.15) is 6.54 Å². The van der Waals surface area contributed by atoms with E-state index in [1.165, 1.54) is 60.7 Å². The highest BCUT2D eigenvalue weighted by molar-refractivity contribution is 7.93. The zero-order valence-corrected chi connectivity index (χ0v) is 23.7. The first-order chi connectivity index (χ1) is 18.4. The highest BCUT2D eigenvalue weighted by atomic mass is 35.5. The van der Waals surface area contributed by atoms with E-state index in [0.717, 1.165) is 9.87 Å². The first-order valence-electron chi connectivity index (χ1n) is 11.5. The van der Waals surface area contributed by atoms with Gasteiger partial charge >= 0.3 is 0 Å². The molecular weight excluding hydrogens is 581 g/mol. The largest absolute Gasteiger partial charge is 0.325 e. The summed E-state index contributed by atoms with van der Waals surface area (Å²) in [7, 11) is -8.01. The first kappa shape index (κ1) is 28.4. The molecule has 4 aromatic rings. The fourth-order valence-corrected chi connectivity index (χ4v) is 6.35. The predicted octanol–water partition coefficient (Wildman–Crippen LogP) is 5.94. The van der Waals surface area contributed by atoms with Crippen molar-refractivity contribution >= 4 is 66.2 Å². The summed E-state index contributed by atoms with van der Waals surface area (Å²) in [6.45, 7) is 1.29. The molecule has 39 heavy (non-hydrogen) atoms. The molecule has 0 aliphatic carbocycles. The Kier molecular flexibility index (Phi) is 8.51.